The van der Waals surface area contributed by atoms with Gasteiger partial charge in [0.1, 0.15) is 17.2 Å². The third-order valence-electron chi connectivity index (χ3n) is 8.65. The summed E-state index contributed by atoms with van der Waals surface area (Å²) in [5, 5.41) is 30.6. The molecule has 320 valence electrons. The number of phenolic OH excluding ortho intramolecular Hbond substituents is 3. The van der Waals surface area contributed by atoms with Crippen molar-refractivity contribution in [2.45, 2.75) is 0 Å². The van der Waals surface area contributed by atoms with Crippen molar-refractivity contribution in [1.82, 2.24) is 0 Å². The second-order valence-corrected chi connectivity index (χ2v) is 12.7. The Morgan fingerprint density at radius 1 is 0.355 bits per heavy atom. The maximum atomic E-state index is 13.0. The number of esters is 3. The van der Waals surface area contributed by atoms with E-state index in [4.69, 9.17) is 42.6 Å². The molecule has 0 unspecified atom stereocenters. The van der Waals surface area contributed by atoms with Crippen molar-refractivity contribution in [1.29, 1.82) is 0 Å². The number of rotatable bonds is 17. The van der Waals surface area contributed by atoms with Gasteiger partial charge in [0.15, 0.2) is 34.5 Å². The molecule has 5 aromatic rings. The van der Waals surface area contributed by atoms with Gasteiger partial charge in [-0.05, 0) is 107 Å². The topological polar surface area (TPSA) is 195 Å². The predicted octanol–water partition coefficient (Wildman–Crippen LogP) is 7.88. The highest BCUT2D eigenvalue weighted by atomic mass is 16.6. The molecule has 0 atom stereocenters. The first-order chi connectivity index (χ1) is 29.9. The van der Waals surface area contributed by atoms with Crippen molar-refractivity contribution < 1.29 is 72.3 Å². The van der Waals surface area contributed by atoms with Crippen LogP contribution in [0.5, 0.6) is 69.0 Å². The largest absolute Gasteiger partial charge is 0.502 e. The minimum absolute atomic E-state index is 0.0435. The van der Waals surface area contributed by atoms with Gasteiger partial charge in [0.2, 0.25) is 17.2 Å². The van der Waals surface area contributed by atoms with E-state index in [1.165, 1.54) is 109 Å². The molecule has 0 spiro atoms. The molecule has 62 heavy (non-hydrogen) atoms. The van der Waals surface area contributed by atoms with E-state index in [0.717, 1.165) is 12.2 Å². The van der Waals surface area contributed by atoms with Gasteiger partial charge in [-0.25, -0.2) is 14.4 Å². The van der Waals surface area contributed by atoms with Gasteiger partial charge >= 0.3 is 17.9 Å². The number of carbonyl (C=O) groups is 3. The van der Waals surface area contributed by atoms with Crippen LogP contribution in [0.3, 0.4) is 0 Å². The number of methoxy groups -OCH3 is 6. The highest BCUT2D eigenvalue weighted by Gasteiger charge is 2.14. The number of phenols is 3. The lowest BCUT2D eigenvalue weighted by Gasteiger charge is -2.10. The summed E-state index contributed by atoms with van der Waals surface area (Å²) in [6, 6.07) is 20.2. The molecule has 0 saturated heterocycles. The smallest absolute Gasteiger partial charge is 0.336 e. The molecule has 0 aliphatic rings. The van der Waals surface area contributed by atoms with Gasteiger partial charge in [0, 0.05) is 24.3 Å². The molecule has 0 bridgehead atoms. The number of benzene rings is 5. The summed E-state index contributed by atoms with van der Waals surface area (Å²) in [6.07, 6.45) is 11.3. The molecule has 0 amide bonds. The summed E-state index contributed by atoms with van der Waals surface area (Å²) in [5.41, 5.74) is 2.67. The van der Waals surface area contributed by atoms with E-state index in [-0.39, 0.29) is 69.0 Å². The first-order valence-electron chi connectivity index (χ1n) is 18.3. The minimum atomic E-state index is -0.771. The first-order valence-corrected chi connectivity index (χ1v) is 18.3. The molecule has 0 fully saturated rings. The van der Waals surface area contributed by atoms with Crippen LogP contribution in [-0.4, -0.2) is 75.9 Å². The van der Waals surface area contributed by atoms with Crippen molar-refractivity contribution in [2.75, 3.05) is 42.7 Å². The zero-order chi connectivity index (χ0) is 44.8. The van der Waals surface area contributed by atoms with Gasteiger partial charge in [-0.3, -0.25) is 0 Å². The van der Waals surface area contributed by atoms with Crippen LogP contribution in [0.2, 0.25) is 0 Å². The van der Waals surface area contributed by atoms with Crippen molar-refractivity contribution in [3.05, 3.63) is 125 Å². The quantitative estimate of drug-likeness (QED) is 0.0354. The molecule has 5 aromatic carbocycles. The average molecular weight is 847 g/mol. The van der Waals surface area contributed by atoms with Gasteiger partial charge in [-0.2, -0.15) is 0 Å². The van der Waals surface area contributed by atoms with Crippen LogP contribution >= 0.6 is 0 Å². The predicted molar refractivity (Wildman–Crippen MR) is 229 cm³/mol. The molecular weight excluding hydrogens is 805 g/mol. The Morgan fingerprint density at radius 2 is 0.629 bits per heavy atom. The summed E-state index contributed by atoms with van der Waals surface area (Å²) in [6.45, 7) is 0. The first kappa shape index (κ1) is 44.8. The van der Waals surface area contributed by atoms with Crippen molar-refractivity contribution in [3.8, 4) is 69.0 Å². The second kappa shape index (κ2) is 21.1. The van der Waals surface area contributed by atoms with Crippen LogP contribution in [-0.2, 0) is 14.4 Å². The fourth-order valence-corrected chi connectivity index (χ4v) is 5.62. The van der Waals surface area contributed by atoms with Crippen LogP contribution in [0.1, 0.15) is 27.8 Å². The lowest BCUT2D eigenvalue weighted by molar-refractivity contribution is -0.130. The molecule has 0 aliphatic heterocycles. The van der Waals surface area contributed by atoms with Crippen molar-refractivity contribution in [2.24, 2.45) is 0 Å². The number of aromatic hydroxyl groups is 3. The number of hydrogen-bond donors (Lipinski definition) is 3. The molecular formula is C47H42O15. The Balaban J connectivity index is 1.34. The average Bonchev–Trinajstić information content (AvgIpc) is 3.27. The molecule has 0 heterocycles. The van der Waals surface area contributed by atoms with Crippen LogP contribution in [0.4, 0.5) is 0 Å². The van der Waals surface area contributed by atoms with E-state index < -0.39 is 17.9 Å². The Hall–Kier alpha value is -8.33. The fourth-order valence-electron chi connectivity index (χ4n) is 5.62. The van der Waals surface area contributed by atoms with E-state index in [0.29, 0.717) is 27.8 Å². The third kappa shape index (κ3) is 11.9. The van der Waals surface area contributed by atoms with Crippen molar-refractivity contribution in [3.63, 3.8) is 0 Å². The van der Waals surface area contributed by atoms with Gasteiger partial charge in [0.05, 0.1) is 42.7 Å². The standard InChI is InChI=1S/C47H42O15/c1-54-36-21-30(22-37(55-2)45(36)51)11-16-42(48)60-33-14-9-28(10-15-33)7-8-29-19-34(61-43(49)17-12-31-23-38(56-3)46(52)39(24-31)57-4)27-35(20-29)62-44(50)18-13-32-25-40(58-5)47(53)41(26-32)59-6/h7-27,51-53H,1-6H3/b8-7+,16-11+,17-12+,18-13+. The number of hydrogen-bond acceptors (Lipinski definition) is 15. The van der Waals surface area contributed by atoms with E-state index in [1.54, 1.807) is 48.6 Å². The summed E-state index contributed by atoms with van der Waals surface area (Å²) in [7, 11) is 8.31. The molecule has 3 N–H and O–H groups in total. The monoisotopic (exact) mass is 846 g/mol. The summed E-state index contributed by atoms with van der Waals surface area (Å²) in [4.78, 5) is 38.6. The lowest BCUT2D eigenvalue weighted by Crippen LogP contribution is -2.06. The Kier molecular flexibility index (Phi) is 15.2. The number of ether oxygens (including phenoxy) is 9. The molecule has 0 aliphatic carbocycles. The highest BCUT2D eigenvalue weighted by molar-refractivity contribution is 5.91. The third-order valence-corrected chi connectivity index (χ3v) is 8.65. The maximum absolute atomic E-state index is 13.0. The van der Waals surface area contributed by atoms with E-state index >= 15 is 0 Å². The Labute approximate surface area is 356 Å². The Morgan fingerprint density at radius 3 is 0.935 bits per heavy atom. The van der Waals surface area contributed by atoms with Crippen LogP contribution in [0, 0.1) is 0 Å². The van der Waals surface area contributed by atoms with Crippen LogP contribution in [0.15, 0.2) is 97.1 Å². The van der Waals surface area contributed by atoms with Gasteiger partial charge in [-0.1, -0.05) is 24.3 Å². The molecule has 0 aromatic heterocycles. The molecule has 15 nitrogen and oxygen atoms in total. The van der Waals surface area contributed by atoms with E-state index in [1.807, 2.05) is 0 Å². The van der Waals surface area contributed by atoms with Gasteiger partial charge < -0.3 is 58.0 Å². The highest BCUT2D eigenvalue weighted by Crippen LogP contribution is 2.39. The number of carbonyl (C=O) groups excluding carboxylic acids is 3. The van der Waals surface area contributed by atoms with Crippen LogP contribution in [0.25, 0.3) is 30.4 Å². The zero-order valence-electron chi connectivity index (χ0n) is 34.4. The van der Waals surface area contributed by atoms with Crippen molar-refractivity contribution >= 4 is 48.3 Å². The summed E-state index contributed by atoms with van der Waals surface area (Å²) < 4.78 is 47.7. The zero-order valence-corrected chi connectivity index (χ0v) is 34.4. The van der Waals surface area contributed by atoms with Gasteiger partial charge in [-0.15, -0.1) is 0 Å². The molecule has 0 saturated carbocycles. The fraction of sp³-hybridized carbons (Fsp3) is 0.128. The van der Waals surface area contributed by atoms with Gasteiger partial charge in [0.25, 0.3) is 0 Å². The Bertz CT molecular complexity index is 2370. The molecule has 15 heteroatoms. The van der Waals surface area contributed by atoms with E-state index in [2.05, 4.69) is 0 Å². The molecule has 5 rings (SSSR count). The summed E-state index contributed by atoms with van der Waals surface area (Å²) >= 11 is 0. The second-order valence-electron chi connectivity index (χ2n) is 12.7. The normalized spacial score (nSPS) is 11.2. The van der Waals surface area contributed by atoms with E-state index in [9.17, 15) is 29.7 Å². The minimum Gasteiger partial charge on any atom is -0.502 e. The maximum Gasteiger partial charge on any atom is 0.336 e. The SMILES string of the molecule is COc1cc(/C=C/C(=O)Oc2ccc(/C=C/c3cc(OC(=O)/C=C/c4cc(OC)c(O)c(OC)c4)cc(OC(=O)/C=C/c4cc(OC)c(O)c(OC)c4)c3)cc2)cc(OC)c1O. The van der Waals surface area contributed by atoms with Crippen LogP contribution < -0.4 is 42.6 Å². The lowest BCUT2D eigenvalue weighted by atomic mass is 10.1. The molecule has 0 radical (unpaired) electrons. The summed E-state index contributed by atoms with van der Waals surface area (Å²) in [5.74, 6) is -1.48.